The third-order valence-corrected chi connectivity index (χ3v) is 4.24. The van der Waals surface area contributed by atoms with Gasteiger partial charge in [-0.3, -0.25) is 0 Å². The van der Waals surface area contributed by atoms with Crippen LogP contribution in [0.25, 0.3) is 0 Å². The number of urea groups is 1. The molecule has 0 atom stereocenters. The lowest BCUT2D eigenvalue weighted by Gasteiger charge is -2.31. The number of nitrogens with zero attached hydrogens (tertiary/aromatic N) is 1. The summed E-state index contributed by atoms with van der Waals surface area (Å²) in [6, 6.07) is 7.83. The Balaban J connectivity index is 1.62. The van der Waals surface area contributed by atoms with Crippen molar-refractivity contribution in [2.24, 2.45) is 5.92 Å². The van der Waals surface area contributed by atoms with Gasteiger partial charge in [0, 0.05) is 31.3 Å². The summed E-state index contributed by atoms with van der Waals surface area (Å²) in [5, 5.41) is 12.8. The van der Waals surface area contributed by atoms with Crippen molar-refractivity contribution in [2.75, 3.05) is 26.2 Å². The number of hydrogen-bond acceptors (Lipinski definition) is 2. The van der Waals surface area contributed by atoms with Gasteiger partial charge in [-0.15, -0.1) is 0 Å². The Morgan fingerprint density at radius 1 is 1.29 bits per heavy atom. The normalized spacial score (nSPS) is 16.0. The quantitative estimate of drug-likeness (QED) is 0.822. The van der Waals surface area contributed by atoms with Crippen molar-refractivity contribution in [3.8, 4) is 0 Å². The van der Waals surface area contributed by atoms with Gasteiger partial charge in [-0.2, -0.15) is 0 Å². The molecule has 0 radical (unpaired) electrons. The highest BCUT2D eigenvalue weighted by atomic mass is 35.5. The molecular formula is C16H23ClN2O2. The van der Waals surface area contributed by atoms with Crippen molar-refractivity contribution in [1.82, 2.24) is 10.2 Å². The molecule has 1 heterocycles. The SMILES string of the molecule is O=C(NCCCc1ccc(Cl)cc1)N1CCC(CO)CC1. The van der Waals surface area contributed by atoms with Gasteiger partial charge in [-0.1, -0.05) is 23.7 Å². The second kappa shape index (κ2) is 8.25. The maximum Gasteiger partial charge on any atom is 0.317 e. The van der Waals surface area contributed by atoms with Crippen LogP contribution in [-0.2, 0) is 6.42 Å². The van der Waals surface area contributed by atoms with Crippen molar-refractivity contribution in [3.63, 3.8) is 0 Å². The molecule has 1 aromatic rings. The van der Waals surface area contributed by atoms with E-state index in [1.165, 1.54) is 5.56 Å². The largest absolute Gasteiger partial charge is 0.396 e. The molecule has 0 unspecified atom stereocenters. The predicted molar refractivity (Wildman–Crippen MR) is 84.6 cm³/mol. The molecule has 1 aromatic carbocycles. The molecule has 1 saturated heterocycles. The Kier molecular flexibility index (Phi) is 6.33. The Bertz CT molecular complexity index is 442. The molecule has 0 aliphatic carbocycles. The lowest BCUT2D eigenvalue weighted by atomic mass is 9.98. The molecule has 1 aliphatic heterocycles. The van der Waals surface area contributed by atoms with E-state index in [9.17, 15) is 4.79 Å². The minimum absolute atomic E-state index is 0.0162. The molecule has 0 saturated carbocycles. The minimum atomic E-state index is 0.0162. The fraction of sp³-hybridized carbons (Fsp3) is 0.562. The van der Waals surface area contributed by atoms with Crippen LogP contribution in [0.15, 0.2) is 24.3 Å². The van der Waals surface area contributed by atoms with Crippen molar-refractivity contribution in [3.05, 3.63) is 34.9 Å². The first-order chi connectivity index (χ1) is 10.2. The number of piperidine rings is 1. The first-order valence-electron chi connectivity index (χ1n) is 7.57. The van der Waals surface area contributed by atoms with Crippen LogP contribution in [0.1, 0.15) is 24.8 Å². The van der Waals surface area contributed by atoms with E-state index in [-0.39, 0.29) is 12.6 Å². The molecule has 0 spiro atoms. The van der Waals surface area contributed by atoms with Gasteiger partial charge >= 0.3 is 6.03 Å². The van der Waals surface area contributed by atoms with E-state index in [4.69, 9.17) is 16.7 Å². The van der Waals surface area contributed by atoms with Crippen LogP contribution in [0, 0.1) is 5.92 Å². The highest BCUT2D eigenvalue weighted by Crippen LogP contribution is 2.16. The summed E-state index contributed by atoms with van der Waals surface area (Å²) in [6.45, 7) is 2.40. The molecule has 0 aromatic heterocycles. The van der Waals surface area contributed by atoms with Crippen LogP contribution in [-0.4, -0.2) is 42.3 Å². The number of aryl methyl sites for hydroxylation is 1. The Morgan fingerprint density at radius 3 is 2.57 bits per heavy atom. The number of hydrogen-bond donors (Lipinski definition) is 2. The molecule has 116 valence electrons. The van der Waals surface area contributed by atoms with Gasteiger partial charge in [0.2, 0.25) is 0 Å². The maximum atomic E-state index is 12.0. The first kappa shape index (κ1) is 16.1. The third-order valence-electron chi connectivity index (χ3n) is 3.99. The molecule has 2 amide bonds. The molecular weight excluding hydrogens is 288 g/mol. The number of aliphatic hydroxyl groups is 1. The van der Waals surface area contributed by atoms with Gasteiger partial charge in [0.15, 0.2) is 0 Å². The van der Waals surface area contributed by atoms with Crippen LogP contribution in [0.2, 0.25) is 5.02 Å². The molecule has 1 aliphatic rings. The maximum absolute atomic E-state index is 12.0. The lowest BCUT2D eigenvalue weighted by Crippen LogP contribution is -2.45. The van der Waals surface area contributed by atoms with E-state index in [0.29, 0.717) is 12.5 Å². The van der Waals surface area contributed by atoms with Crippen molar-refractivity contribution >= 4 is 17.6 Å². The van der Waals surface area contributed by atoms with Crippen molar-refractivity contribution in [1.29, 1.82) is 0 Å². The van der Waals surface area contributed by atoms with Crippen LogP contribution in [0.4, 0.5) is 4.79 Å². The van der Waals surface area contributed by atoms with Gasteiger partial charge in [-0.25, -0.2) is 4.79 Å². The van der Waals surface area contributed by atoms with E-state index in [1.54, 1.807) is 0 Å². The van der Waals surface area contributed by atoms with Gasteiger partial charge in [-0.05, 0) is 49.3 Å². The standard InChI is InChI=1S/C16H23ClN2O2/c17-15-5-3-13(4-6-15)2-1-9-18-16(21)19-10-7-14(12-20)8-11-19/h3-6,14,20H,1-2,7-12H2,(H,18,21). The topological polar surface area (TPSA) is 52.6 Å². The molecule has 2 N–H and O–H groups in total. The lowest BCUT2D eigenvalue weighted by molar-refractivity contribution is 0.137. The van der Waals surface area contributed by atoms with E-state index >= 15 is 0 Å². The highest BCUT2D eigenvalue weighted by Gasteiger charge is 2.21. The summed E-state index contributed by atoms with van der Waals surface area (Å²) in [6.07, 6.45) is 3.65. The third kappa shape index (κ3) is 5.21. The summed E-state index contributed by atoms with van der Waals surface area (Å²) < 4.78 is 0. The zero-order valence-corrected chi connectivity index (χ0v) is 13.0. The molecule has 4 nitrogen and oxygen atoms in total. The van der Waals surface area contributed by atoms with E-state index < -0.39 is 0 Å². The summed E-state index contributed by atoms with van der Waals surface area (Å²) in [5.74, 6) is 0.360. The molecule has 0 bridgehead atoms. The summed E-state index contributed by atoms with van der Waals surface area (Å²) in [7, 11) is 0. The second-order valence-electron chi connectivity index (χ2n) is 5.57. The number of aliphatic hydroxyl groups excluding tert-OH is 1. The number of amides is 2. The number of rotatable bonds is 5. The second-order valence-corrected chi connectivity index (χ2v) is 6.01. The smallest absolute Gasteiger partial charge is 0.317 e. The average molecular weight is 311 g/mol. The number of nitrogens with one attached hydrogen (secondary N) is 1. The summed E-state index contributed by atoms with van der Waals surface area (Å²) in [5.41, 5.74) is 1.23. The Morgan fingerprint density at radius 2 is 1.95 bits per heavy atom. The fourth-order valence-corrected chi connectivity index (χ4v) is 2.70. The number of carbonyl (C=O) groups is 1. The van der Waals surface area contributed by atoms with Crippen LogP contribution in [0.5, 0.6) is 0 Å². The predicted octanol–water partition coefficient (Wildman–Crippen LogP) is 2.69. The molecule has 2 rings (SSSR count). The first-order valence-corrected chi connectivity index (χ1v) is 7.95. The van der Waals surface area contributed by atoms with Gasteiger partial charge < -0.3 is 15.3 Å². The highest BCUT2D eigenvalue weighted by molar-refractivity contribution is 6.30. The van der Waals surface area contributed by atoms with Crippen LogP contribution >= 0.6 is 11.6 Å². The average Bonchev–Trinajstić information content (AvgIpc) is 2.53. The zero-order chi connectivity index (χ0) is 15.1. The number of benzene rings is 1. The Labute approximate surface area is 131 Å². The van der Waals surface area contributed by atoms with Crippen LogP contribution < -0.4 is 5.32 Å². The van der Waals surface area contributed by atoms with Crippen molar-refractivity contribution in [2.45, 2.75) is 25.7 Å². The van der Waals surface area contributed by atoms with Crippen LogP contribution in [0.3, 0.4) is 0 Å². The molecule has 21 heavy (non-hydrogen) atoms. The minimum Gasteiger partial charge on any atom is -0.396 e. The monoisotopic (exact) mass is 310 g/mol. The van der Waals surface area contributed by atoms with E-state index in [1.807, 2.05) is 29.2 Å². The number of carbonyl (C=O) groups excluding carboxylic acids is 1. The molecule has 1 fully saturated rings. The van der Waals surface area contributed by atoms with Gasteiger partial charge in [0.05, 0.1) is 0 Å². The summed E-state index contributed by atoms with van der Waals surface area (Å²) in [4.78, 5) is 13.8. The molecule has 5 heteroatoms. The van der Waals surface area contributed by atoms with E-state index in [2.05, 4.69) is 5.32 Å². The zero-order valence-electron chi connectivity index (χ0n) is 12.2. The van der Waals surface area contributed by atoms with E-state index in [0.717, 1.165) is 43.8 Å². The Hall–Kier alpha value is -1.26. The fourth-order valence-electron chi connectivity index (χ4n) is 2.57. The van der Waals surface area contributed by atoms with Gasteiger partial charge in [0.1, 0.15) is 0 Å². The number of likely N-dealkylation sites (tertiary alicyclic amines) is 1. The number of halogens is 1. The van der Waals surface area contributed by atoms with Gasteiger partial charge in [0.25, 0.3) is 0 Å². The van der Waals surface area contributed by atoms with Crippen molar-refractivity contribution < 1.29 is 9.90 Å². The summed E-state index contributed by atoms with van der Waals surface area (Å²) >= 11 is 5.84.